The molecule has 0 aromatic carbocycles. The second-order valence-electron chi connectivity index (χ2n) is 2.40. The Balaban J connectivity index is 3.01. The normalized spacial score (nSPS) is 9.67. The standard InChI is InChI=1S/C6H14N2O/c1-5(2)3-4-9-6(7)8/h5H,3-4H2,1-2H3,(H3,7,8). The third-order valence-corrected chi connectivity index (χ3v) is 0.953. The van der Waals surface area contributed by atoms with Crippen LogP contribution in [0.2, 0.25) is 0 Å². The average molecular weight is 130 g/mol. The third-order valence-electron chi connectivity index (χ3n) is 0.953. The van der Waals surface area contributed by atoms with Crippen LogP contribution >= 0.6 is 0 Å². The second kappa shape index (κ2) is 4.18. The van der Waals surface area contributed by atoms with Gasteiger partial charge in [-0.25, -0.2) is 0 Å². The summed E-state index contributed by atoms with van der Waals surface area (Å²) in [7, 11) is 0. The van der Waals surface area contributed by atoms with Gasteiger partial charge in [0.15, 0.2) is 0 Å². The lowest BCUT2D eigenvalue weighted by molar-refractivity contribution is 0.271. The van der Waals surface area contributed by atoms with E-state index in [0.717, 1.165) is 6.42 Å². The lowest BCUT2D eigenvalue weighted by Crippen LogP contribution is -2.15. The van der Waals surface area contributed by atoms with Gasteiger partial charge in [0, 0.05) is 0 Å². The van der Waals surface area contributed by atoms with Crippen molar-refractivity contribution in [2.45, 2.75) is 20.3 Å². The van der Waals surface area contributed by atoms with Crippen molar-refractivity contribution < 1.29 is 4.74 Å². The molecule has 0 bridgehead atoms. The molecule has 0 radical (unpaired) electrons. The number of hydrogen-bond acceptors (Lipinski definition) is 2. The molecule has 0 amide bonds. The van der Waals surface area contributed by atoms with Crippen LogP contribution in [0.25, 0.3) is 0 Å². The summed E-state index contributed by atoms with van der Waals surface area (Å²) >= 11 is 0. The Bertz CT molecular complexity index is 91.1. The zero-order valence-corrected chi connectivity index (χ0v) is 5.98. The number of rotatable bonds is 3. The van der Waals surface area contributed by atoms with Crippen molar-refractivity contribution in [2.24, 2.45) is 11.7 Å². The van der Waals surface area contributed by atoms with Crippen molar-refractivity contribution in [2.75, 3.05) is 6.61 Å². The fourth-order valence-electron chi connectivity index (χ4n) is 0.405. The largest absolute Gasteiger partial charge is 0.466 e. The Morgan fingerprint density at radius 3 is 2.56 bits per heavy atom. The lowest BCUT2D eigenvalue weighted by atomic mass is 10.1. The molecule has 0 aliphatic heterocycles. The second-order valence-corrected chi connectivity index (χ2v) is 2.40. The summed E-state index contributed by atoms with van der Waals surface area (Å²) in [6.45, 7) is 4.76. The van der Waals surface area contributed by atoms with E-state index in [-0.39, 0.29) is 6.02 Å². The molecule has 0 heterocycles. The van der Waals surface area contributed by atoms with Crippen molar-refractivity contribution >= 4 is 6.02 Å². The minimum atomic E-state index is -0.185. The topological polar surface area (TPSA) is 59.1 Å². The van der Waals surface area contributed by atoms with E-state index in [1.807, 2.05) is 0 Å². The van der Waals surface area contributed by atoms with E-state index < -0.39 is 0 Å². The Morgan fingerprint density at radius 1 is 1.67 bits per heavy atom. The summed E-state index contributed by atoms with van der Waals surface area (Å²) in [5, 5.41) is 6.69. The molecule has 0 fully saturated rings. The molecule has 54 valence electrons. The maximum atomic E-state index is 6.69. The molecular formula is C6H14N2O. The SMILES string of the molecule is CC(C)CCOC(=N)N. The minimum absolute atomic E-state index is 0.185. The van der Waals surface area contributed by atoms with Crippen LogP contribution in [0, 0.1) is 11.3 Å². The Morgan fingerprint density at radius 2 is 2.22 bits per heavy atom. The van der Waals surface area contributed by atoms with Crippen LogP contribution in [0.15, 0.2) is 0 Å². The van der Waals surface area contributed by atoms with Gasteiger partial charge in [-0.2, -0.15) is 0 Å². The van der Waals surface area contributed by atoms with Crippen LogP contribution in [0.1, 0.15) is 20.3 Å². The van der Waals surface area contributed by atoms with Crippen LogP contribution in [0.5, 0.6) is 0 Å². The molecule has 0 saturated carbocycles. The van der Waals surface area contributed by atoms with E-state index in [1.165, 1.54) is 0 Å². The Labute approximate surface area is 55.7 Å². The minimum Gasteiger partial charge on any atom is -0.466 e. The van der Waals surface area contributed by atoms with Gasteiger partial charge in [-0.3, -0.25) is 5.41 Å². The number of hydrogen-bond donors (Lipinski definition) is 2. The van der Waals surface area contributed by atoms with Crippen molar-refractivity contribution in [3.8, 4) is 0 Å². The summed E-state index contributed by atoms with van der Waals surface area (Å²) in [6, 6.07) is -0.185. The molecule has 0 spiro atoms. The van der Waals surface area contributed by atoms with Gasteiger partial charge in [0.25, 0.3) is 6.02 Å². The fourth-order valence-corrected chi connectivity index (χ4v) is 0.405. The first-order valence-corrected chi connectivity index (χ1v) is 3.09. The molecule has 0 aromatic heterocycles. The first kappa shape index (κ1) is 8.27. The number of nitrogens with one attached hydrogen (secondary N) is 1. The van der Waals surface area contributed by atoms with Crippen LogP contribution in [0.3, 0.4) is 0 Å². The monoisotopic (exact) mass is 130 g/mol. The van der Waals surface area contributed by atoms with E-state index in [1.54, 1.807) is 0 Å². The average Bonchev–Trinajstić information content (AvgIpc) is 1.63. The molecule has 9 heavy (non-hydrogen) atoms. The molecule has 3 N–H and O–H groups in total. The predicted octanol–water partition coefficient (Wildman–Crippen LogP) is 0.943. The van der Waals surface area contributed by atoms with E-state index in [9.17, 15) is 0 Å². The van der Waals surface area contributed by atoms with E-state index in [2.05, 4.69) is 13.8 Å². The summed E-state index contributed by atoms with van der Waals surface area (Å²) in [5.74, 6) is 0.615. The van der Waals surface area contributed by atoms with Gasteiger partial charge in [-0.05, 0) is 12.3 Å². The molecule has 0 aromatic rings. The highest BCUT2D eigenvalue weighted by molar-refractivity contribution is 5.67. The zero-order chi connectivity index (χ0) is 7.28. The number of ether oxygens (including phenoxy) is 1. The smallest absolute Gasteiger partial charge is 0.278 e. The van der Waals surface area contributed by atoms with Crippen LogP contribution in [0.4, 0.5) is 0 Å². The van der Waals surface area contributed by atoms with Crippen LogP contribution in [-0.2, 0) is 4.74 Å². The maximum Gasteiger partial charge on any atom is 0.278 e. The van der Waals surface area contributed by atoms with Gasteiger partial charge in [0.05, 0.1) is 6.61 Å². The van der Waals surface area contributed by atoms with Gasteiger partial charge in [0.2, 0.25) is 0 Å². The van der Waals surface area contributed by atoms with E-state index >= 15 is 0 Å². The molecule has 0 aliphatic carbocycles. The van der Waals surface area contributed by atoms with Gasteiger partial charge >= 0.3 is 0 Å². The summed E-state index contributed by atoms with van der Waals surface area (Å²) in [5.41, 5.74) is 4.94. The maximum absolute atomic E-state index is 6.69. The number of amidine groups is 1. The van der Waals surface area contributed by atoms with Crippen LogP contribution in [-0.4, -0.2) is 12.6 Å². The zero-order valence-electron chi connectivity index (χ0n) is 5.98. The highest BCUT2D eigenvalue weighted by atomic mass is 16.5. The molecule has 0 saturated heterocycles. The molecular weight excluding hydrogens is 116 g/mol. The fraction of sp³-hybridized carbons (Fsp3) is 0.833. The molecule has 3 heteroatoms. The molecule has 0 unspecified atom stereocenters. The number of nitrogens with two attached hydrogens (primary N) is 1. The lowest BCUT2D eigenvalue weighted by Gasteiger charge is -2.04. The van der Waals surface area contributed by atoms with Gasteiger partial charge in [-0.1, -0.05) is 13.8 Å². The highest BCUT2D eigenvalue weighted by Gasteiger charge is 1.93. The van der Waals surface area contributed by atoms with E-state index in [4.69, 9.17) is 15.9 Å². The van der Waals surface area contributed by atoms with Gasteiger partial charge in [0.1, 0.15) is 0 Å². The summed E-state index contributed by atoms with van der Waals surface area (Å²) in [4.78, 5) is 0. The summed E-state index contributed by atoms with van der Waals surface area (Å²) in [6.07, 6.45) is 0.958. The van der Waals surface area contributed by atoms with E-state index in [0.29, 0.717) is 12.5 Å². The van der Waals surface area contributed by atoms with Gasteiger partial charge in [-0.15, -0.1) is 0 Å². The molecule has 3 nitrogen and oxygen atoms in total. The van der Waals surface area contributed by atoms with Crippen LogP contribution < -0.4 is 5.73 Å². The molecule has 0 atom stereocenters. The third kappa shape index (κ3) is 7.27. The van der Waals surface area contributed by atoms with Crippen molar-refractivity contribution in [1.82, 2.24) is 0 Å². The van der Waals surface area contributed by atoms with Crippen molar-refractivity contribution in [3.05, 3.63) is 0 Å². The Hall–Kier alpha value is -0.730. The first-order valence-electron chi connectivity index (χ1n) is 3.09. The Kier molecular flexibility index (Phi) is 3.84. The first-order chi connectivity index (χ1) is 4.13. The molecule has 0 rings (SSSR count). The predicted molar refractivity (Wildman–Crippen MR) is 37.3 cm³/mol. The highest BCUT2D eigenvalue weighted by Crippen LogP contribution is 1.97. The molecule has 0 aliphatic rings. The van der Waals surface area contributed by atoms with Crippen molar-refractivity contribution in [1.29, 1.82) is 5.41 Å². The van der Waals surface area contributed by atoms with Gasteiger partial charge < -0.3 is 10.5 Å². The van der Waals surface area contributed by atoms with Crippen molar-refractivity contribution in [3.63, 3.8) is 0 Å². The quantitative estimate of drug-likeness (QED) is 0.441. The summed E-state index contributed by atoms with van der Waals surface area (Å²) < 4.78 is 4.71.